The second-order valence-electron chi connectivity index (χ2n) is 4.71. The highest BCUT2D eigenvalue weighted by Crippen LogP contribution is 2.22. The van der Waals surface area contributed by atoms with E-state index in [1.54, 1.807) is 11.8 Å². The maximum Gasteiger partial charge on any atom is 0.166 e. The van der Waals surface area contributed by atoms with Gasteiger partial charge in [-0.25, -0.2) is 4.98 Å². The average Bonchev–Trinajstić information content (AvgIpc) is 2.87. The molecule has 5 heteroatoms. The minimum Gasteiger partial charge on any atom is -0.493 e. The van der Waals surface area contributed by atoms with Crippen LogP contribution in [-0.4, -0.2) is 22.3 Å². The third-order valence-corrected chi connectivity index (χ3v) is 4.11. The van der Waals surface area contributed by atoms with Crippen LogP contribution in [0.25, 0.3) is 11.0 Å². The largest absolute Gasteiger partial charge is 0.493 e. The summed E-state index contributed by atoms with van der Waals surface area (Å²) in [7, 11) is 0. The van der Waals surface area contributed by atoms with E-state index < -0.39 is 0 Å². The maximum atomic E-state index is 5.96. The first-order chi connectivity index (χ1) is 10.2. The Morgan fingerprint density at radius 2 is 2.00 bits per heavy atom. The van der Waals surface area contributed by atoms with Gasteiger partial charge in [0.25, 0.3) is 0 Å². The second-order valence-corrected chi connectivity index (χ2v) is 6.23. The lowest BCUT2D eigenvalue weighted by Gasteiger charge is -2.05. The average molecular weight is 319 g/mol. The molecule has 21 heavy (non-hydrogen) atoms. The monoisotopic (exact) mass is 318 g/mol. The van der Waals surface area contributed by atoms with Crippen molar-refractivity contribution in [3.8, 4) is 5.75 Å². The summed E-state index contributed by atoms with van der Waals surface area (Å²) in [6.45, 7) is 2.71. The van der Waals surface area contributed by atoms with E-state index in [1.807, 2.05) is 42.5 Å². The van der Waals surface area contributed by atoms with Crippen molar-refractivity contribution in [1.29, 1.82) is 0 Å². The molecule has 0 aliphatic rings. The van der Waals surface area contributed by atoms with Crippen LogP contribution in [0.1, 0.15) is 5.56 Å². The molecule has 0 unspecified atom stereocenters. The maximum absolute atomic E-state index is 5.96. The normalized spacial score (nSPS) is 11.0. The summed E-state index contributed by atoms with van der Waals surface area (Å²) in [5.74, 6) is 1.74. The van der Waals surface area contributed by atoms with Gasteiger partial charge in [-0.3, -0.25) is 0 Å². The van der Waals surface area contributed by atoms with Gasteiger partial charge in [-0.2, -0.15) is 0 Å². The molecule has 1 aromatic heterocycles. The topological polar surface area (TPSA) is 37.9 Å². The molecular formula is C16H15ClN2OS. The highest BCUT2D eigenvalue weighted by atomic mass is 35.5. The van der Waals surface area contributed by atoms with Crippen molar-refractivity contribution in [3.63, 3.8) is 0 Å². The number of aromatic amines is 1. The minimum absolute atomic E-state index is 0.644. The number of rotatable bonds is 5. The number of ether oxygens (including phenoxy) is 1. The molecule has 0 spiro atoms. The van der Waals surface area contributed by atoms with E-state index in [4.69, 9.17) is 16.3 Å². The number of nitrogens with zero attached hydrogens (tertiary/aromatic N) is 1. The van der Waals surface area contributed by atoms with Gasteiger partial charge in [0.15, 0.2) is 5.16 Å². The Kier molecular flexibility index (Phi) is 4.36. The van der Waals surface area contributed by atoms with E-state index in [0.717, 1.165) is 27.7 Å². The van der Waals surface area contributed by atoms with Gasteiger partial charge >= 0.3 is 0 Å². The van der Waals surface area contributed by atoms with Crippen molar-refractivity contribution >= 4 is 34.4 Å². The van der Waals surface area contributed by atoms with Gasteiger partial charge in [-0.05, 0) is 37.3 Å². The highest BCUT2D eigenvalue weighted by molar-refractivity contribution is 7.99. The zero-order valence-corrected chi connectivity index (χ0v) is 13.2. The first-order valence-electron chi connectivity index (χ1n) is 6.68. The molecule has 3 aromatic rings. The first-order valence-corrected chi connectivity index (χ1v) is 8.04. The fourth-order valence-electron chi connectivity index (χ4n) is 1.96. The number of nitrogens with one attached hydrogen (secondary N) is 1. The lowest BCUT2D eigenvalue weighted by Crippen LogP contribution is -2.00. The van der Waals surface area contributed by atoms with Crippen LogP contribution in [0.5, 0.6) is 5.75 Å². The molecule has 0 bridgehead atoms. The fourth-order valence-corrected chi connectivity index (χ4v) is 2.84. The summed E-state index contributed by atoms with van der Waals surface area (Å²) in [6.07, 6.45) is 0. The molecule has 108 valence electrons. The summed E-state index contributed by atoms with van der Waals surface area (Å²) >= 11 is 7.60. The van der Waals surface area contributed by atoms with Crippen LogP contribution >= 0.6 is 23.4 Å². The van der Waals surface area contributed by atoms with Crippen molar-refractivity contribution < 1.29 is 4.74 Å². The molecular weight excluding hydrogens is 304 g/mol. The summed E-state index contributed by atoms with van der Waals surface area (Å²) in [6, 6.07) is 13.7. The van der Waals surface area contributed by atoms with E-state index in [1.165, 1.54) is 5.56 Å². The smallest absolute Gasteiger partial charge is 0.166 e. The Balaban J connectivity index is 1.53. The number of imidazole rings is 1. The third kappa shape index (κ3) is 3.71. The fraction of sp³-hybridized carbons (Fsp3) is 0.188. The molecule has 0 aliphatic carbocycles. The zero-order chi connectivity index (χ0) is 14.7. The van der Waals surface area contributed by atoms with Gasteiger partial charge in [0.1, 0.15) is 5.75 Å². The van der Waals surface area contributed by atoms with Crippen molar-refractivity contribution in [2.75, 3.05) is 12.4 Å². The number of thioether (sulfide) groups is 1. The number of aromatic nitrogens is 2. The van der Waals surface area contributed by atoms with E-state index in [0.29, 0.717) is 11.6 Å². The lowest BCUT2D eigenvalue weighted by molar-refractivity contribution is 0.344. The molecule has 0 aliphatic heterocycles. The van der Waals surface area contributed by atoms with Crippen molar-refractivity contribution in [3.05, 3.63) is 53.1 Å². The van der Waals surface area contributed by atoms with Gasteiger partial charge < -0.3 is 9.72 Å². The van der Waals surface area contributed by atoms with Crippen LogP contribution < -0.4 is 4.74 Å². The number of H-pyrrole nitrogens is 1. The quantitative estimate of drug-likeness (QED) is 0.547. The van der Waals surface area contributed by atoms with Crippen molar-refractivity contribution in [2.45, 2.75) is 12.1 Å². The van der Waals surface area contributed by atoms with Crippen LogP contribution in [0.2, 0.25) is 5.02 Å². The highest BCUT2D eigenvalue weighted by Gasteiger charge is 2.04. The SMILES string of the molecule is Cc1ccc(OCCSc2nc3ccc(Cl)cc3[nH]2)cc1. The molecule has 0 radical (unpaired) electrons. The molecule has 2 aromatic carbocycles. The molecule has 3 nitrogen and oxygen atoms in total. The minimum atomic E-state index is 0.644. The Morgan fingerprint density at radius 1 is 1.19 bits per heavy atom. The summed E-state index contributed by atoms with van der Waals surface area (Å²) in [5.41, 5.74) is 3.13. The Labute approximate surface area is 132 Å². The first kappa shape index (κ1) is 14.3. The number of hydrogen-bond donors (Lipinski definition) is 1. The molecule has 0 atom stereocenters. The Hall–Kier alpha value is -1.65. The van der Waals surface area contributed by atoms with E-state index in [9.17, 15) is 0 Å². The van der Waals surface area contributed by atoms with Gasteiger partial charge in [0, 0.05) is 10.8 Å². The van der Waals surface area contributed by atoms with Crippen LogP contribution in [0.3, 0.4) is 0 Å². The standard InChI is InChI=1S/C16H15ClN2OS/c1-11-2-5-13(6-3-11)20-8-9-21-16-18-14-7-4-12(17)10-15(14)19-16/h2-7,10H,8-9H2,1H3,(H,18,19). The number of halogens is 1. The van der Waals surface area contributed by atoms with Crippen LogP contribution in [0.15, 0.2) is 47.6 Å². The van der Waals surface area contributed by atoms with Crippen LogP contribution in [-0.2, 0) is 0 Å². The van der Waals surface area contributed by atoms with Gasteiger partial charge in [0.2, 0.25) is 0 Å². The van der Waals surface area contributed by atoms with E-state index >= 15 is 0 Å². The molecule has 0 amide bonds. The van der Waals surface area contributed by atoms with Crippen molar-refractivity contribution in [1.82, 2.24) is 9.97 Å². The molecule has 1 heterocycles. The Morgan fingerprint density at radius 3 is 2.81 bits per heavy atom. The van der Waals surface area contributed by atoms with Crippen LogP contribution in [0.4, 0.5) is 0 Å². The van der Waals surface area contributed by atoms with E-state index in [2.05, 4.69) is 16.9 Å². The lowest BCUT2D eigenvalue weighted by atomic mass is 10.2. The van der Waals surface area contributed by atoms with Gasteiger partial charge in [-0.15, -0.1) is 0 Å². The summed E-state index contributed by atoms with van der Waals surface area (Å²) < 4.78 is 5.69. The number of fused-ring (bicyclic) bond motifs is 1. The molecule has 1 N–H and O–H groups in total. The van der Waals surface area contributed by atoms with Crippen molar-refractivity contribution in [2.24, 2.45) is 0 Å². The predicted octanol–water partition coefficient (Wildman–Crippen LogP) is 4.70. The summed E-state index contributed by atoms with van der Waals surface area (Å²) in [5, 5.41) is 1.60. The Bertz CT molecular complexity index is 740. The molecule has 0 fully saturated rings. The molecule has 3 rings (SSSR count). The van der Waals surface area contributed by atoms with Crippen LogP contribution in [0, 0.1) is 6.92 Å². The molecule has 0 saturated carbocycles. The molecule has 0 saturated heterocycles. The number of aryl methyl sites for hydroxylation is 1. The zero-order valence-electron chi connectivity index (χ0n) is 11.6. The van der Waals surface area contributed by atoms with Gasteiger partial charge in [0.05, 0.1) is 17.6 Å². The number of hydrogen-bond acceptors (Lipinski definition) is 3. The summed E-state index contributed by atoms with van der Waals surface area (Å²) in [4.78, 5) is 7.76. The van der Waals surface area contributed by atoms with E-state index in [-0.39, 0.29) is 0 Å². The number of benzene rings is 2. The second kappa shape index (κ2) is 6.41. The predicted molar refractivity (Wildman–Crippen MR) is 88.5 cm³/mol. The van der Waals surface area contributed by atoms with Gasteiger partial charge in [-0.1, -0.05) is 41.1 Å². The third-order valence-electron chi connectivity index (χ3n) is 3.03.